The van der Waals surface area contributed by atoms with Crippen LogP contribution in [0.1, 0.15) is 32.4 Å². The lowest BCUT2D eigenvalue weighted by molar-refractivity contribution is -0.123. The standard InChI is InChI=1S/C14H20F2N2O2/c1-8(2)18-14(20)9(3)17-7-13(19)11-5-4-10(15)6-12(11)16/h4-6,8-9,13,17,19H,7H2,1-3H3,(H,18,20). The van der Waals surface area contributed by atoms with E-state index in [0.717, 1.165) is 6.07 Å². The van der Waals surface area contributed by atoms with E-state index in [9.17, 15) is 18.7 Å². The first-order valence-corrected chi connectivity index (χ1v) is 6.48. The highest BCUT2D eigenvalue weighted by Gasteiger charge is 2.17. The molecule has 1 aromatic rings. The van der Waals surface area contributed by atoms with Crippen LogP contribution in [0.15, 0.2) is 18.2 Å². The number of benzene rings is 1. The SMILES string of the molecule is CC(C)NC(=O)C(C)NCC(O)c1ccc(F)cc1F. The summed E-state index contributed by atoms with van der Waals surface area (Å²) in [6, 6.07) is 2.49. The van der Waals surface area contributed by atoms with Crippen molar-refractivity contribution in [3.8, 4) is 0 Å². The van der Waals surface area contributed by atoms with Crippen LogP contribution in [0, 0.1) is 11.6 Å². The Balaban J connectivity index is 2.54. The molecular formula is C14H20F2N2O2. The Labute approximate surface area is 117 Å². The number of aliphatic hydroxyl groups excluding tert-OH is 1. The molecular weight excluding hydrogens is 266 g/mol. The summed E-state index contributed by atoms with van der Waals surface area (Å²) in [6.45, 7) is 5.32. The van der Waals surface area contributed by atoms with Crippen LogP contribution >= 0.6 is 0 Å². The van der Waals surface area contributed by atoms with E-state index in [1.807, 2.05) is 13.8 Å². The smallest absolute Gasteiger partial charge is 0.237 e. The molecule has 1 amide bonds. The number of amides is 1. The quantitative estimate of drug-likeness (QED) is 0.742. The molecule has 3 N–H and O–H groups in total. The minimum absolute atomic E-state index is 0.00429. The number of hydrogen-bond donors (Lipinski definition) is 3. The summed E-state index contributed by atoms with van der Waals surface area (Å²) in [5.41, 5.74) is -0.00429. The summed E-state index contributed by atoms with van der Waals surface area (Å²) >= 11 is 0. The van der Waals surface area contributed by atoms with Gasteiger partial charge in [0.2, 0.25) is 5.91 Å². The fourth-order valence-electron chi connectivity index (χ4n) is 1.67. The molecule has 2 atom stereocenters. The van der Waals surface area contributed by atoms with Crippen molar-refractivity contribution >= 4 is 5.91 Å². The van der Waals surface area contributed by atoms with Gasteiger partial charge in [-0.3, -0.25) is 4.79 Å². The van der Waals surface area contributed by atoms with Crippen molar-refractivity contribution < 1.29 is 18.7 Å². The first-order chi connectivity index (χ1) is 9.31. The number of nitrogens with one attached hydrogen (secondary N) is 2. The van der Waals surface area contributed by atoms with E-state index < -0.39 is 23.8 Å². The summed E-state index contributed by atoms with van der Waals surface area (Å²) in [7, 11) is 0. The molecule has 0 aromatic heterocycles. The molecule has 0 fully saturated rings. The van der Waals surface area contributed by atoms with E-state index in [1.54, 1.807) is 6.92 Å². The molecule has 6 heteroatoms. The summed E-state index contributed by atoms with van der Waals surface area (Å²) in [6.07, 6.45) is -1.15. The maximum absolute atomic E-state index is 13.4. The maximum atomic E-state index is 13.4. The van der Waals surface area contributed by atoms with Crippen LogP contribution in [-0.2, 0) is 4.79 Å². The summed E-state index contributed by atoms with van der Waals surface area (Å²) in [5.74, 6) is -1.71. The maximum Gasteiger partial charge on any atom is 0.237 e. The molecule has 0 radical (unpaired) electrons. The van der Waals surface area contributed by atoms with Gasteiger partial charge in [-0.05, 0) is 26.8 Å². The molecule has 0 bridgehead atoms. The summed E-state index contributed by atoms with van der Waals surface area (Å²) in [4.78, 5) is 11.6. The van der Waals surface area contributed by atoms with Gasteiger partial charge in [0.15, 0.2) is 0 Å². The zero-order valence-corrected chi connectivity index (χ0v) is 11.8. The van der Waals surface area contributed by atoms with Gasteiger partial charge in [-0.2, -0.15) is 0 Å². The Kier molecular flexibility index (Phi) is 6.04. The lowest BCUT2D eigenvalue weighted by Gasteiger charge is -2.18. The number of carbonyl (C=O) groups excluding carboxylic acids is 1. The molecule has 0 aliphatic rings. The van der Waals surface area contributed by atoms with Gasteiger partial charge in [0.25, 0.3) is 0 Å². The predicted molar refractivity (Wildman–Crippen MR) is 72.1 cm³/mol. The molecule has 0 heterocycles. The average Bonchev–Trinajstić information content (AvgIpc) is 2.34. The second-order valence-corrected chi connectivity index (χ2v) is 4.97. The highest BCUT2D eigenvalue weighted by Crippen LogP contribution is 2.17. The monoisotopic (exact) mass is 286 g/mol. The lowest BCUT2D eigenvalue weighted by atomic mass is 10.1. The van der Waals surface area contributed by atoms with Gasteiger partial charge >= 0.3 is 0 Å². The number of aliphatic hydroxyl groups is 1. The molecule has 0 spiro atoms. The zero-order chi connectivity index (χ0) is 15.3. The molecule has 0 saturated heterocycles. The molecule has 1 aromatic carbocycles. The first kappa shape index (κ1) is 16.5. The lowest BCUT2D eigenvalue weighted by Crippen LogP contribution is -2.45. The molecule has 0 aliphatic heterocycles. The van der Waals surface area contributed by atoms with Crippen LogP contribution in [0.25, 0.3) is 0 Å². The minimum Gasteiger partial charge on any atom is -0.387 e. The highest BCUT2D eigenvalue weighted by molar-refractivity contribution is 5.81. The number of rotatable bonds is 6. The van der Waals surface area contributed by atoms with Crippen molar-refractivity contribution in [1.82, 2.24) is 10.6 Å². The van der Waals surface area contributed by atoms with Gasteiger partial charge in [0.05, 0.1) is 12.1 Å². The van der Waals surface area contributed by atoms with E-state index in [-0.39, 0.29) is 24.1 Å². The van der Waals surface area contributed by atoms with Crippen LogP contribution in [0.4, 0.5) is 8.78 Å². The van der Waals surface area contributed by atoms with Crippen LogP contribution in [0.5, 0.6) is 0 Å². The highest BCUT2D eigenvalue weighted by atomic mass is 19.1. The number of hydrogen-bond acceptors (Lipinski definition) is 3. The van der Waals surface area contributed by atoms with E-state index in [1.165, 1.54) is 6.07 Å². The van der Waals surface area contributed by atoms with Crippen LogP contribution in [0.2, 0.25) is 0 Å². The average molecular weight is 286 g/mol. The first-order valence-electron chi connectivity index (χ1n) is 6.48. The van der Waals surface area contributed by atoms with Gasteiger partial charge in [0.1, 0.15) is 11.6 Å². The zero-order valence-electron chi connectivity index (χ0n) is 11.8. The molecule has 0 saturated carbocycles. The summed E-state index contributed by atoms with van der Waals surface area (Å²) in [5, 5.41) is 15.4. The molecule has 20 heavy (non-hydrogen) atoms. The molecule has 112 valence electrons. The normalized spacial score (nSPS) is 14.2. The fourth-order valence-corrected chi connectivity index (χ4v) is 1.67. The van der Waals surface area contributed by atoms with Crippen LogP contribution < -0.4 is 10.6 Å². The second kappa shape index (κ2) is 7.31. The van der Waals surface area contributed by atoms with Crippen molar-refractivity contribution in [2.75, 3.05) is 6.54 Å². The van der Waals surface area contributed by atoms with E-state index in [4.69, 9.17) is 0 Å². The van der Waals surface area contributed by atoms with Gasteiger partial charge in [0, 0.05) is 24.2 Å². The summed E-state index contributed by atoms with van der Waals surface area (Å²) < 4.78 is 26.2. The van der Waals surface area contributed by atoms with Crippen molar-refractivity contribution in [3.63, 3.8) is 0 Å². The second-order valence-electron chi connectivity index (χ2n) is 4.97. The van der Waals surface area contributed by atoms with E-state index in [0.29, 0.717) is 6.07 Å². The largest absolute Gasteiger partial charge is 0.387 e. The third-order valence-corrected chi connectivity index (χ3v) is 2.76. The van der Waals surface area contributed by atoms with Crippen molar-refractivity contribution in [2.24, 2.45) is 0 Å². The van der Waals surface area contributed by atoms with Crippen molar-refractivity contribution in [3.05, 3.63) is 35.4 Å². The Morgan fingerprint density at radius 2 is 1.95 bits per heavy atom. The Morgan fingerprint density at radius 1 is 1.30 bits per heavy atom. The Morgan fingerprint density at radius 3 is 2.50 bits per heavy atom. The van der Waals surface area contributed by atoms with Crippen LogP contribution in [-0.4, -0.2) is 29.6 Å². The van der Waals surface area contributed by atoms with Crippen LogP contribution in [0.3, 0.4) is 0 Å². The third kappa shape index (κ3) is 4.86. The number of halogens is 2. The van der Waals surface area contributed by atoms with E-state index >= 15 is 0 Å². The molecule has 1 rings (SSSR count). The predicted octanol–water partition coefficient (Wildman–Crippen LogP) is 1.50. The van der Waals surface area contributed by atoms with Crippen molar-refractivity contribution in [1.29, 1.82) is 0 Å². The topological polar surface area (TPSA) is 61.4 Å². The van der Waals surface area contributed by atoms with Gasteiger partial charge in [-0.25, -0.2) is 8.78 Å². The minimum atomic E-state index is -1.15. The molecule has 4 nitrogen and oxygen atoms in total. The van der Waals surface area contributed by atoms with Gasteiger partial charge < -0.3 is 15.7 Å². The van der Waals surface area contributed by atoms with Gasteiger partial charge in [-0.15, -0.1) is 0 Å². The third-order valence-electron chi connectivity index (χ3n) is 2.76. The van der Waals surface area contributed by atoms with E-state index in [2.05, 4.69) is 10.6 Å². The fraction of sp³-hybridized carbons (Fsp3) is 0.500. The van der Waals surface area contributed by atoms with Crippen molar-refractivity contribution in [2.45, 2.75) is 39.0 Å². The molecule has 2 unspecified atom stereocenters. The molecule has 0 aliphatic carbocycles. The Hall–Kier alpha value is -1.53. The van der Waals surface area contributed by atoms with Gasteiger partial charge in [-0.1, -0.05) is 6.07 Å². The Bertz CT molecular complexity index is 466. The number of carbonyl (C=O) groups is 1.